The number of nitrogens with one attached hydrogen (secondary N) is 4. The van der Waals surface area contributed by atoms with Gasteiger partial charge in [-0.2, -0.15) is 5.10 Å². The second-order valence-electron chi connectivity index (χ2n) is 16.5. The van der Waals surface area contributed by atoms with Gasteiger partial charge in [0.1, 0.15) is 23.4 Å². The van der Waals surface area contributed by atoms with Crippen LogP contribution in [0.1, 0.15) is 59.6 Å². The van der Waals surface area contributed by atoms with Crippen LogP contribution in [0.2, 0.25) is 0 Å². The van der Waals surface area contributed by atoms with Crippen molar-refractivity contribution >= 4 is 56.9 Å². The predicted octanol–water partition coefficient (Wildman–Crippen LogP) is 5.50. The fourth-order valence-corrected chi connectivity index (χ4v) is 8.87. The van der Waals surface area contributed by atoms with Gasteiger partial charge in [0.05, 0.1) is 28.7 Å². The van der Waals surface area contributed by atoms with Gasteiger partial charge in [0.2, 0.25) is 11.8 Å². The topological polar surface area (TPSA) is 168 Å². The number of carbonyl (C=O) groups is 3. The van der Waals surface area contributed by atoms with Crippen LogP contribution >= 0.6 is 0 Å². The van der Waals surface area contributed by atoms with Crippen molar-refractivity contribution in [3.05, 3.63) is 112 Å². The number of imide groups is 1. The van der Waals surface area contributed by atoms with Crippen LogP contribution in [0.3, 0.4) is 0 Å². The van der Waals surface area contributed by atoms with Gasteiger partial charge in [-0.3, -0.25) is 38.8 Å². The van der Waals surface area contributed by atoms with Gasteiger partial charge in [-0.1, -0.05) is 6.07 Å². The number of nitrogens with zero attached hydrogens (tertiary/aromatic N) is 5. The maximum atomic E-state index is 14.0. The molecule has 15 nitrogen and oxygen atoms in total. The zero-order valence-electron chi connectivity index (χ0n) is 34.9. The second kappa shape index (κ2) is 18.0. The first-order valence-corrected chi connectivity index (χ1v) is 21.4. The lowest BCUT2D eigenvalue weighted by Crippen LogP contribution is -2.46. The van der Waals surface area contributed by atoms with E-state index in [0.29, 0.717) is 65.4 Å². The van der Waals surface area contributed by atoms with E-state index in [4.69, 9.17) is 9.47 Å². The van der Waals surface area contributed by atoms with E-state index in [9.17, 15) is 28.0 Å². The van der Waals surface area contributed by atoms with Gasteiger partial charge < -0.3 is 25.0 Å². The summed E-state index contributed by atoms with van der Waals surface area (Å²) < 4.78 is 42.4. The van der Waals surface area contributed by atoms with Gasteiger partial charge in [0, 0.05) is 94.3 Å². The van der Waals surface area contributed by atoms with E-state index in [1.54, 1.807) is 19.2 Å². The molecule has 63 heavy (non-hydrogen) atoms. The van der Waals surface area contributed by atoms with Crippen molar-refractivity contribution in [2.75, 3.05) is 68.1 Å². The van der Waals surface area contributed by atoms with Crippen molar-refractivity contribution in [3.8, 4) is 5.75 Å². The summed E-state index contributed by atoms with van der Waals surface area (Å²) >= 11 is 0. The predicted molar refractivity (Wildman–Crippen MR) is 234 cm³/mol. The number of rotatable bonds is 13. The molecule has 3 aliphatic rings. The van der Waals surface area contributed by atoms with Gasteiger partial charge >= 0.3 is 5.69 Å². The van der Waals surface area contributed by atoms with Crippen LogP contribution in [0.25, 0.3) is 21.9 Å². The first-order chi connectivity index (χ1) is 30.6. The van der Waals surface area contributed by atoms with Crippen LogP contribution in [0.5, 0.6) is 5.75 Å². The maximum Gasteiger partial charge on any atom is 0.329 e. The number of aryl methyl sites for hydroxylation is 1. The van der Waals surface area contributed by atoms with Crippen LogP contribution in [0, 0.1) is 11.6 Å². The van der Waals surface area contributed by atoms with Crippen molar-refractivity contribution < 1.29 is 32.6 Å². The van der Waals surface area contributed by atoms with Gasteiger partial charge in [-0.15, -0.1) is 0 Å². The summed E-state index contributed by atoms with van der Waals surface area (Å²) in [5.41, 5.74) is 5.22. The molecule has 3 aliphatic heterocycles. The number of fused-ring (bicyclic) bond motifs is 2. The molecular formula is C46H49F2N9O6. The minimum Gasteiger partial charge on any atom is -0.493 e. The fourth-order valence-electron chi connectivity index (χ4n) is 8.87. The summed E-state index contributed by atoms with van der Waals surface area (Å²) in [6.45, 7) is 5.96. The number of aromatic amines is 1. The standard InChI is InChI=1S/C46H49F2N9O6/c1-54-41-27-34(5-8-39(41)57(46(54)61)40-9-10-42(58)50-45(40)60)63-18-2-13-55-14-16-56(17-15-55)33-4-6-35(38(26-33)49-32-11-19-62-20-12-32)44(59)51-43-36-24-28(3-7-37(36)52-53-43)21-29-22-30(47)25-31(48)23-29/h3-8,22-27,32,40,49H,2,9-21H2,1H3,(H,50,58,60)(H2,51,52,53,59). The van der Waals surface area contributed by atoms with Gasteiger partial charge in [0.25, 0.3) is 5.91 Å². The molecule has 5 heterocycles. The molecule has 4 aromatic carbocycles. The lowest BCUT2D eigenvalue weighted by molar-refractivity contribution is -0.135. The molecule has 2 aromatic heterocycles. The Morgan fingerprint density at radius 3 is 2.46 bits per heavy atom. The maximum absolute atomic E-state index is 14.0. The smallest absolute Gasteiger partial charge is 0.329 e. The summed E-state index contributed by atoms with van der Waals surface area (Å²) in [6.07, 6.45) is 3.21. The van der Waals surface area contributed by atoms with Crippen molar-refractivity contribution in [1.82, 2.24) is 29.5 Å². The monoisotopic (exact) mass is 861 g/mol. The van der Waals surface area contributed by atoms with Crippen LogP contribution < -0.4 is 31.3 Å². The molecule has 9 rings (SSSR count). The van der Waals surface area contributed by atoms with E-state index in [1.807, 2.05) is 36.4 Å². The number of imidazole rings is 1. The molecule has 0 bridgehead atoms. The number of carbonyl (C=O) groups excluding carboxylic acids is 3. The van der Waals surface area contributed by atoms with Gasteiger partial charge in [-0.05, 0) is 97.8 Å². The first-order valence-electron chi connectivity index (χ1n) is 21.4. The minimum absolute atomic E-state index is 0.147. The SMILES string of the molecule is Cn1c(=O)n(C2CCC(=O)NC2=O)c2ccc(OCCCN3CCN(c4ccc(C(=O)Nc5n[nH]c6ccc(Cc7cc(F)cc(F)c7)cc56)c(NC5CCOCC5)c4)CC3)cc21. The quantitative estimate of drug-likeness (QED) is 0.0861. The average Bonchev–Trinajstić information content (AvgIpc) is 3.78. The molecule has 0 saturated carbocycles. The molecule has 6 aromatic rings. The Balaban J connectivity index is 0.817. The molecule has 4 N–H and O–H groups in total. The molecule has 0 spiro atoms. The summed E-state index contributed by atoms with van der Waals surface area (Å²) in [7, 11) is 1.66. The molecule has 1 unspecified atom stereocenters. The van der Waals surface area contributed by atoms with E-state index in [1.165, 1.54) is 21.3 Å². The number of H-pyrrole nitrogens is 1. The number of aromatic nitrogens is 4. The Morgan fingerprint density at radius 2 is 1.68 bits per heavy atom. The average molecular weight is 862 g/mol. The Labute approximate surface area is 361 Å². The van der Waals surface area contributed by atoms with Gasteiger partial charge in [-0.25, -0.2) is 13.6 Å². The van der Waals surface area contributed by atoms with E-state index in [0.717, 1.165) is 80.5 Å². The summed E-state index contributed by atoms with van der Waals surface area (Å²) in [5, 5.41) is 17.0. The van der Waals surface area contributed by atoms with E-state index in [2.05, 4.69) is 42.0 Å². The molecule has 328 valence electrons. The number of piperazine rings is 1. The number of ether oxygens (including phenoxy) is 2. The van der Waals surface area contributed by atoms with Crippen LogP contribution in [0.4, 0.5) is 26.0 Å². The normalized spacial score (nSPS) is 17.6. The van der Waals surface area contributed by atoms with Crippen molar-refractivity contribution in [1.29, 1.82) is 0 Å². The van der Waals surface area contributed by atoms with Crippen molar-refractivity contribution in [2.45, 2.75) is 50.6 Å². The van der Waals surface area contributed by atoms with E-state index >= 15 is 0 Å². The highest BCUT2D eigenvalue weighted by Crippen LogP contribution is 2.30. The number of piperidine rings is 1. The zero-order valence-corrected chi connectivity index (χ0v) is 34.9. The first kappa shape index (κ1) is 41.7. The van der Waals surface area contributed by atoms with Crippen LogP contribution in [-0.2, 0) is 27.8 Å². The fraction of sp³-hybridized carbons (Fsp3) is 0.370. The highest BCUT2D eigenvalue weighted by Gasteiger charge is 2.31. The zero-order chi connectivity index (χ0) is 43.6. The highest BCUT2D eigenvalue weighted by molar-refractivity contribution is 6.11. The summed E-state index contributed by atoms with van der Waals surface area (Å²) in [4.78, 5) is 56.1. The Hall–Kier alpha value is -6.59. The molecule has 3 amide bonds. The largest absolute Gasteiger partial charge is 0.493 e. The number of amides is 3. The summed E-state index contributed by atoms with van der Waals surface area (Å²) in [6, 6.07) is 19.8. The Bertz CT molecular complexity index is 2730. The molecule has 17 heteroatoms. The molecule has 3 saturated heterocycles. The third-order valence-corrected chi connectivity index (χ3v) is 12.2. The highest BCUT2D eigenvalue weighted by atomic mass is 19.1. The second-order valence-corrected chi connectivity index (χ2v) is 16.5. The third kappa shape index (κ3) is 9.15. The number of hydrogen-bond donors (Lipinski definition) is 4. The molecule has 1 atom stereocenters. The van der Waals surface area contributed by atoms with Crippen LogP contribution in [-0.4, -0.2) is 101 Å². The molecule has 3 fully saturated rings. The van der Waals surface area contributed by atoms with Crippen LogP contribution in [0.15, 0.2) is 77.6 Å². The molecule has 0 radical (unpaired) electrons. The summed E-state index contributed by atoms with van der Waals surface area (Å²) in [5.74, 6) is -1.38. The lowest BCUT2D eigenvalue weighted by Gasteiger charge is -2.36. The van der Waals surface area contributed by atoms with E-state index in [-0.39, 0.29) is 36.4 Å². The number of halogens is 2. The number of benzene rings is 4. The van der Waals surface area contributed by atoms with Crippen molar-refractivity contribution in [3.63, 3.8) is 0 Å². The number of anilines is 3. The lowest BCUT2D eigenvalue weighted by atomic mass is 10.0. The van der Waals surface area contributed by atoms with Gasteiger partial charge in [0.15, 0.2) is 5.82 Å². The minimum atomic E-state index is -0.740. The van der Waals surface area contributed by atoms with Crippen molar-refractivity contribution in [2.24, 2.45) is 7.05 Å². The Morgan fingerprint density at radius 1 is 0.889 bits per heavy atom. The Kier molecular flexibility index (Phi) is 11.9. The third-order valence-electron chi connectivity index (χ3n) is 12.2. The molecule has 0 aliphatic carbocycles. The number of hydrogen-bond acceptors (Lipinski definition) is 10. The molecular weight excluding hydrogens is 813 g/mol. The van der Waals surface area contributed by atoms with E-state index < -0.39 is 23.6 Å².